The molecular weight excluding hydrogens is 356 g/mol. The van der Waals surface area contributed by atoms with Crippen molar-refractivity contribution >= 4 is 17.7 Å². The molecule has 146 valence electrons. The molecule has 2 heterocycles. The van der Waals surface area contributed by atoms with Crippen LogP contribution in [0, 0.1) is 5.92 Å². The van der Waals surface area contributed by atoms with Crippen LogP contribution in [0.25, 0.3) is 0 Å². The van der Waals surface area contributed by atoms with Gasteiger partial charge in [-0.25, -0.2) is 0 Å². The van der Waals surface area contributed by atoms with Gasteiger partial charge in [-0.15, -0.1) is 22.0 Å². The molecule has 0 radical (unpaired) electrons. The minimum absolute atomic E-state index is 0.0410. The normalized spacial score (nSPS) is 15.2. The number of amides is 1. The third-order valence-corrected chi connectivity index (χ3v) is 6.59. The quantitative estimate of drug-likeness (QED) is 0.753. The lowest BCUT2D eigenvalue weighted by molar-refractivity contribution is -0.121. The standard InChI is InChI=1S/C21H30N4OS/c1-16(2)20(27-15-17-9-5-3-6-10-17)21(26)22-13-12-19-24-23-18-11-7-4-8-14-25(18)19/h3,5-6,9-10,16,20H,4,7-8,11-15H2,1-2H3,(H,22,26). The molecule has 3 rings (SSSR count). The van der Waals surface area contributed by atoms with Crippen molar-refractivity contribution in [2.45, 2.75) is 63.5 Å². The smallest absolute Gasteiger partial charge is 0.233 e. The molecule has 1 aliphatic heterocycles. The number of nitrogens with one attached hydrogen (secondary N) is 1. The zero-order valence-corrected chi connectivity index (χ0v) is 17.2. The fourth-order valence-electron chi connectivity index (χ4n) is 3.46. The third-order valence-electron chi connectivity index (χ3n) is 4.97. The van der Waals surface area contributed by atoms with Gasteiger partial charge >= 0.3 is 0 Å². The molecule has 1 atom stereocenters. The molecule has 2 aromatic rings. The van der Waals surface area contributed by atoms with Gasteiger partial charge < -0.3 is 9.88 Å². The van der Waals surface area contributed by atoms with Crippen LogP contribution in [0.4, 0.5) is 0 Å². The number of aryl methyl sites for hydroxylation is 1. The largest absolute Gasteiger partial charge is 0.355 e. The van der Waals surface area contributed by atoms with Crippen LogP contribution in [0.3, 0.4) is 0 Å². The van der Waals surface area contributed by atoms with E-state index < -0.39 is 0 Å². The van der Waals surface area contributed by atoms with Crippen molar-refractivity contribution in [3.05, 3.63) is 47.5 Å². The molecule has 1 N–H and O–H groups in total. The highest BCUT2D eigenvalue weighted by Crippen LogP contribution is 2.24. The van der Waals surface area contributed by atoms with Gasteiger partial charge in [0.1, 0.15) is 11.6 Å². The molecule has 1 aromatic carbocycles. The Balaban J connectivity index is 1.50. The zero-order valence-electron chi connectivity index (χ0n) is 16.4. The van der Waals surface area contributed by atoms with Crippen molar-refractivity contribution in [1.82, 2.24) is 20.1 Å². The van der Waals surface area contributed by atoms with E-state index in [0.29, 0.717) is 12.5 Å². The van der Waals surface area contributed by atoms with E-state index in [1.54, 1.807) is 11.8 Å². The Kier molecular flexibility index (Phi) is 7.33. The highest BCUT2D eigenvalue weighted by Gasteiger charge is 2.23. The molecule has 0 spiro atoms. The van der Waals surface area contributed by atoms with Gasteiger partial charge in [-0.2, -0.15) is 0 Å². The summed E-state index contributed by atoms with van der Waals surface area (Å²) in [4.78, 5) is 12.7. The maximum Gasteiger partial charge on any atom is 0.233 e. The van der Waals surface area contributed by atoms with E-state index in [2.05, 4.69) is 46.1 Å². The summed E-state index contributed by atoms with van der Waals surface area (Å²) < 4.78 is 2.25. The first-order valence-electron chi connectivity index (χ1n) is 9.99. The first kappa shape index (κ1) is 19.9. The van der Waals surface area contributed by atoms with Gasteiger partial charge in [0.2, 0.25) is 5.91 Å². The van der Waals surface area contributed by atoms with E-state index in [-0.39, 0.29) is 11.2 Å². The summed E-state index contributed by atoms with van der Waals surface area (Å²) >= 11 is 1.72. The van der Waals surface area contributed by atoms with Crippen molar-refractivity contribution in [2.24, 2.45) is 5.92 Å². The molecule has 5 nitrogen and oxygen atoms in total. The molecule has 1 amide bonds. The predicted molar refractivity (Wildman–Crippen MR) is 111 cm³/mol. The molecule has 27 heavy (non-hydrogen) atoms. The highest BCUT2D eigenvalue weighted by molar-refractivity contribution is 7.99. The summed E-state index contributed by atoms with van der Waals surface area (Å²) in [5, 5.41) is 11.8. The summed E-state index contributed by atoms with van der Waals surface area (Å²) in [6.07, 6.45) is 5.41. The maximum atomic E-state index is 12.7. The van der Waals surface area contributed by atoms with E-state index >= 15 is 0 Å². The molecule has 1 unspecified atom stereocenters. The van der Waals surface area contributed by atoms with Gasteiger partial charge in [0.25, 0.3) is 0 Å². The average Bonchev–Trinajstić information content (AvgIpc) is 2.89. The fourth-order valence-corrected chi connectivity index (χ4v) is 4.64. The number of carbonyl (C=O) groups excluding carboxylic acids is 1. The summed E-state index contributed by atoms with van der Waals surface area (Å²) in [6, 6.07) is 10.3. The summed E-state index contributed by atoms with van der Waals surface area (Å²) in [6.45, 7) is 5.85. The average molecular weight is 387 g/mol. The predicted octanol–water partition coefficient (Wildman–Crippen LogP) is 3.62. The van der Waals surface area contributed by atoms with Crippen molar-refractivity contribution in [2.75, 3.05) is 6.54 Å². The van der Waals surface area contributed by atoms with Crippen molar-refractivity contribution < 1.29 is 4.79 Å². The minimum atomic E-state index is -0.0410. The van der Waals surface area contributed by atoms with E-state index in [9.17, 15) is 4.79 Å². The molecule has 6 heteroatoms. The van der Waals surface area contributed by atoms with Gasteiger partial charge in [0.05, 0.1) is 5.25 Å². The number of benzene rings is 1. The number of hydrogen-bond acceptors (Lipinski definition) is 4. The van der Waals surface area contributed by atoms with Gasteiger partial charge in [0, 0.05) is 31.7 Å². The highest BCUT2D eigenvalue weighted by atomic mass is 32.2. The Hall–Kier alpha value is -1.82. The van der Waals surface area contributed by atoms with Crippen LogP contribution in [0.1, 0.15) is 50.3 Å². The van der Waals surface area contributed by atoms with Gasteiger partial charge in [-0.1, -0.05) is 50.6 Å². The summed E-state index contributed by atoms with van der Waals surface area (Å²) in [7, 11) is 0. The number of thioether (sulfide) groups is 1. The fraction of sp³-hybridized carbons (Fsp3) is 0.571. The van der Waals surface area contributed by atoms with E-state index in [0.717, 1.165) is 36.8 Å². The molecule has 0 saturated carbocycles. The molecular formula is C21H30N4OS. The molecule has 1 aromatic heterocycles. The number of carbonyl (C=O) groups is 1. The molecule has 0 fully saturated rings. The number of aromatic nitrogens is 3. The first-order valence-corrected chi connectivity index (χ1v) is 11.0. The number of rotatable bonds is 8. The van der Waals surface area contributed by atoms with Crippen molar-refractivity contribution in [3.63, 3.8) is 0 Å². The second kappa shape index (κ2) is 9.93. The Labute approximate surface area is 166 Å². The van der Waals surface area contributed by atoms with Gasteiger partial charge in [0.15, 0.2) is 0 Å². The van der Waals surface area contributed by atoms with Crippen LogP contribution in [0.15, 0.2) is 30.3 Å². The molecule has 0 bridgehead atoms. The summed E-state index contributed by atoms with van der Waals surface area (Å²) in [5.74, 6) is 3.39. The monoisotopic (exact) mass is 386 g/mol. The molecule has 1 aliphatic rings. The number of fused-ring (bicyclic) bond motifs is 1. The minimum Gasteiger partial charge on any atom is -0.355 e. The maximum absolute atomic E-state index is 12.7. The summed E-state index contributed by atoms with van der Waals surface area (Å²) in [5.41, 5.74) is 1.26. The Morgan fingerprint density at radius 1 is 1.19 bits per heavy atom. The van der Waals surface area contributed by atoms with E-state index in [1.165, 1.54) is 24.8 Å². The Morgan fingerprint density at radius 2 is 2.00 bits per heavy atom. The SMILES string of the molecule is CC(C)C(SCc1ccccc1)C(=O)NCCc1nnc2n1CCCCC2. The molecule has 0 aliphatic carbocycles. The van der Waals surface area contributed by atoms with E-state index in [1.807, 2.05) is 18.2 Å². The van der Waals surface area contributed by atoms with E-state index in [4.69, 9.17) is 0 Å². The van der Waals surface area contributed by atoms with Gasteiger partial charge in [-0.3, -0.25) is 4.79 Å². The van der Waals surface area contributed by atoms with Gasteiger partial charge in [-0.05, 0) is 24.3 Å². The third kappa shape index (κ3) is 5.58. The van der Waals surface area contributed by atoms with Crippen molar-refractivity contribution in [3.8, 4) is 0 Å². The Bertz CT molecular complexity index is 729. The lowest BCUT2D eigenvalue weighted by Gasteiger charge is -2.20. The molecule has 0 saturated heterocycles. The number of hydrogen-bond donors (Lipinski definition) is 1. The van der Waals surface area contributed by atoms with Crippen LogP contribution in [-0.4, -0.2) is 32.5 Å². The number of nitrogens with zero attached hydrogens (tertiary/aromatic N) is 3. The van der Waals surface area contributed by atoms with Crippen LogP contribution in [0.2, 0.25) is 0 Å². The lowest BCUT2D eigenvalue weighted by atomic mass is 10.1. The second-order valence-electron chi connectivity index (χ2n) is 7.50. The van der Waals surface area contributed by atoms with Crippen LogP contribution in [-0.2, 0) is 29.9 Å². The topological polar surface area (TPSA) is 59.8 Å². The first-order chi connectivity index (χ1) is 13.1. The van der Waals surface area contributed by atoms with Crippen LogP contribution >= 0.6 is 11.8 Å². The second-order valence-corrected chi connectivity index (χ2v) is 8.63. The van der Waals surface area contributed by atoms with Crippen molar-refractivity contribution in [1.29, 1.82) is 0 Å². The van der Waals surface area contributed by atoms with Crippen LogP contribution in [0.5, 0.6) is 0 Å². The van der Waals surface area contributed by atoms with Crippen LogP contribution < -0.4 is 5.32 Å². The lowest BCUT2D eigenvalue weighted by Crippen LogP contribution is -2.37. The zero-order chi connectivity index (χ0) is 19.1. The Morgan fingerprint density at radius 3 is 2.78 bits per heavy atom.